The summed E-state index contributed by atoms with van der Waals surface area (Å²) in [5.74, 6) is 2.05. The van der Waals surface area contributed by atoms with Gasteiger partial charge in [0.05, 0.1) is 0 Å². The molecule has 276 valence electrons. The molecule has 0 aliphatic heterocycles. The Balaban J connectivity index is 0.810. The first-order valence-electron chi connectivity index (χ1n) is 21.1. The minimum absolute atomic E-state index is 0.399. The Morgan fingerprint density at radius 1 is 0.491 bits per heavy atom. The van der Waals surface area contributed by atoms with Crippen LogP contribution in [0.1, 0.15) is 87.6 Å². The molecule has 0 heterocycles. The monoisotopic (exact) mass is 733 g/mol. The summed E-state index contributed by atoms with van der Waals surface area (Å²) < 4.78 is 0. The molecule has 0 amide bonds. The average Bonchev–Trinajstić information content (AvgIpc) is 3.29. The van der Waals surface area contributed by atoms with Crippen molar-refractivity contribution in [1.29, 1.82) is 0 Å². The van der Waals surface area contributed by atoms with Crippen molar-refractivity contribution < 1.29 is 0 Å². The fourth-order valence-electron chi connectivity index (χ4n) is 10.6. The lowest BCUT2D eigenvalue weighted by Gasteiger charge is -2.36. The molecule has 6 aromatic rings. The van der Waals surface area contributed by atoms with Crippen molar-refractivity contribution in [3.63, 3.8) is 0 Å². The fourth-order valence-corrected chi connectivity index (χ4v) is 10.6. The zero-order valence-electron chi connectivity index (χ0n) is 32.4. The first-order chi connectivity index (χ1) is 28.2. The SMILES string of the molecule is C1=CC2C(c3ccc4c(c3)CCC3CC(c5ccc6c(c5)CCC(c5ccc(N(c7ccccc7)c7ccccc7)cc5)=C6)CC=C43)=Cc3ccccc3C2C=C1. The van der Waals surface area contributed by atoms with Crippen LogP contribution in [0.2, 0.25) is 0 Å². The predicted octanol–water partition coefficient (Wildman–Crippen LogP) is 14.5. The molecule has 0 saturated carbocycles. The van der Waals surface area contributed by atoms with Gasteiger partial charge in [0.1, 0.15) is 0 Å². The Morgan fingerprint density at radius 2 is 1.21 bits per heavy atom. The lowest BCUT2D eigenvalue weighted by molar-refractivity contribution is 0.463. The predicted molar refractivity (Wildman–Crippen MR) is 241 cm³/mol. The molecule has 4 atom stereocenters. The van der Waals surface area contributed by atoms with Crippen molar-refractivity contribution in [2.24, 2.45) is 11.8 Å². The summed E-state index contributed by atoms with van der Waals surface area (Å²) in [6.45, 7) is 0. The van der Waals surface area contributed by atoms with Gasteiger partial charge in [-0.05, 0) is 154 Å². The molecule has 57 heavy (non-hydrogen) atoms. The quantitative estimate of drug-likeness (QED) is 0.165. The van der Waals surface area contributed by atoms with Crippen LogP contribution in [0.4, 0.5) is 17.1 Å². The molecule has 0 fully saturated rings. The first-order valence-corrected chi connectivity index (χ1v) is 21.1. The van der Waals surface area contributed by atoms with E-state index >= 15 is 0 Å². The topological polar surface area (TPSA) is 3.24 Å². The number of benzene rings is 6. The standard InChI is InChI=1S/C56H47N/c1-3-12-48(13-4-1)57(49-14-5-2-6-15-49)50-29-25-38(26-30-50)39-19-20-41-34-42(22-21-40(41)33-39)43-27-31-52-45(35-43)23-24-46-36-47(28-32-53(46)52)56-37-44-11-7-8-16-51(44)54-17-9-10-18-55(54)56/h1-18,21-22,25-26,28-34,36-37,43,45,54-55H,19-20,23-24,27,35H2. The number of allylic oxidation sites excluding steroid dienone is 8. The summed E-state index contributed by atoms with van der Waals surface area (Å²) in [7, 11) is 0. The molecule has 5 aliphatic rings. The second kappa shape index (κ2) is 14.4. The smallest absolute Gasteiger partial charge is 0.0462 e. The Labute approximate surface area is 337 Å². The van der Waals surface area contributed by atoms with Gasteiger partial charge in [0.15, 0.2) is 0 Å². The van der Waals surface area contributed by atoms with Gasteiger partial charge in [0.25, 0.3) is 0 Å². The normalized spacial score (nSPS) is 21.4. The van der Waals surface area contributed by atoms with Crippen LogP contribution in [-0.2, 0) is 12.8 Å². The highest BCUT2D eigenvalue weighted by atomic mass is 15.1. The van der Waals surface area contributed by atoms with E-state index in [-0.39, 0.29) is 0 Å². The molecule has 5 aliphatic carbocycles. The van der Waals surface area contributed by atoms with Crippen molar-refractivity contribution >= 4 is 45.9 Å². The lowest BCUT2D eigenvalue weighted by atomic mass is 9.68. The Morgan fingerprint density at radius 3 is 2.02 bits per heavy atom. The molecule has 4 unspecified atom stereocenters. The van der Waals surface area contributed by atoms with Crippen LogP contribution in [-0.4, -0.2) is 0 Å². The number of nitrogens with zero attached hydrogens (tertiary/aromatic N) is 1. The molecular formula is C56H47N. The number of fused-ring (bicyclic) bond motifs is 7. The van der Waals surface area contributed by atoms with E-state index in [1.807, 2.05) is 0 Å². The van der Waals surface area contributed by atoms with Crippen LogP contribution >= 0.6 is 0 Å². The number of anilines is 3. The first kappa shape index (κ1) is 34.1. The molecule has 6 aromatic carbocycles. The van der Waals surface area contributed by atoms with Gasteiger partial charge in [0.2, 0.25) is 0 Å². The third-order valence-electron chi connectivity index (χ3n) is 13.5. The van der Waals surface area contributed by atoms with E-state index in [2.05, 4.69) is 193 Å². The van der Waals surface area contributed by atoms with Crippen molar-refractivity contribution in [1.82, 2.24) is 0 Å². The Hall–Kier alpha value is -6.18. The zero-order valence-corrected chi connectivity index (χ0v) is 32.4. The van der Waals surface area contributed by atoms with Crippen molar-refractivity contribution in [3.05, 3.63) is 226 Å². The van der Waals surface area contributed by atoms with E-state index < -0.39 is 0 Å². The molecule has 0 bridgehead atoms. The largest absolute Gasteiger partial charge is 0.311 e. The van der Waals surface area contributed by atoms with Crippen molar-refractivity contribution in [2.75, 3.05) is 4.90 Å². The maximum atomic E-state index is 2.61. The zero-order chi connectivity index (χ0) is 37.7. The maximum absolute atomic E-state index is 2.61. The summed E-state index contributed by atoms with van der Waals surface area (Å²) in [4.78, 5) is 2.33. The fraction of sp³-hybridized carbons (Fsp3) is 0.179. The van der Waals surface area contributed by atoms with Crippen LogP contribution in [0.15, 0.2) is 176 Å². The van der Waals surface area contributed by atoms with Crippen molar-refractivity contribution in [2.45, 2.75) is 50.4 Å². The highest BCUT2D eigenvalue weighted by Crippen LogP contribution is 2.49. The van der Waals surface area contributed by atoms with E-state index in [4.69, 9.17) is 0 Å². The third-order valence-corrected chi connectivity index (χ3v) is 13.5. The molecule has 0 spiro atoms. The van der Waals surface area contributed by atoms with Crippen LogP contribution in [0, 0.1) is 11.8 Å². The van der Waals surface area contributed by atoms with Gasteiger partial charge < -0.3 is 4.90 Å². The summed E-state index contributed by atoms with van der Waals surface area (Å²) in [6, 6.07) is 54.2. The molecule has 11 rings (SSSR count). The van der Waals surface area contributed by atoms with E-state index in [1.165, 1.54) is 86.2 Å². The molecule has 0 aromatic heterocycles. The highest BCUT2D eigenvalue weighted by Gasteiger charge is 2.33. The summed E-state index contributed by atoms with van der Waals surface area (Å²) in [6.07, 6.45) is 23.7. The van der Waals surface area contributed by atoms with Crippen LogP contribution in [0.5, 0.6) is 0 Å². The number of hydrogen-bond donors (Lipinski definition) is 0. The van der Waals surface area contributed by atoms with Gasteiger partial charge in [-0.3, -0.25) is 0 Å². The number of rotatable bonds is 6. The van der Waals surface area contributed by atoms with E-state index in [0.29, 0.717) is 23.7 Å². The minimum Gasteiger partial charge on any atom is -0.311 e. The summed E-state index contributed by atoms with van der Waals surface area (Å²) >= 11 is 0. The molecule has 1 nitrogen and oxygen atoms in total. The second-order valence-electron chi connectivity index (χ2n) is 16.7. The Bertz CT molecular complexity index is 2590. The van der Waals surface area contributed by atoms with Gasteiger partial charge in [-0.1, -0.05) is 152 Å². The second-order valence-corrected chi connectivity index (χ2v) is 16.7. The maximum Gasteiger partial charge on any atom is 0.0462 e. The van der Waals surface area contributed by atoms with E-state index in [1.54, 1.807) is 5.57 Å². The summed E-state index contributed by atoms with van der Waals surface area (Å²) in [5.41, 5.74) is 21.0. The highest BCUT2D eigenvalue weighted by molar-refractivity contribution is 5.90. The number of hydrogen-bond acceptors (Lipinski definition) is 1. The molecule has 1 heteroatoms. The van der Waals surface area contributed by atoms with Gasteiger partial charge >= 0.3 is 0 Å². The lowest BCUT2D eigenvalue weighted by Crippen LogP contribution is -2.21. The van der Waals surface area contributed by atoms with E-state index in [9.17, 15) is 0 Å². The molecule has 0 radical (unpaired) electrons. The van der Waals surface area contributed by atoms with Crippen LogP contribution in [0.25, 0.3) is 28.9 Å². The van der Waals surface area contributed by atoms with E-state index in [0.717, 1.165) is 30.6 Å². The Kier molecular flexibility index (Phi) is 8.61. The van der Waals surface area contributed by atoms with Crippen LogP contribution in [0.3, 0.4) is 0 Å². The third kappa shape index (κ3) is 6.27. The average molecular weight is 734 g/mol. The summed E-state index contributed by atoms with van der Waals surface area (Å²) in [5, 5.41) is 0. The molecule has 0 saturated heterocycles. The number of para-hydroxylation sites is 2. The van der Waals surface area contributed by atoms with Crippen LogP contribution < -0.4 is 4.90 Å². The molecular weight excluding hydrogens is 687 g/mol. The minimum atomic E-state index is 0.399. The number of aryl methyl sites for hydroxylation is 2. The van der Waals surface area contributed by atoms with Gasteiger partial charge in [0, 0.05) is 28.9 Å². The molecule has 0 N–H and O–H groups in total. The van der Waals surface area contributed by atoms with Gasteiger partial charge in [-0.25, -0.2) is 0 Å². The van der Waals surface area contributed by atoms with Gasteiger partial charge in [-0.15, -0.1) is 0 Å². The van der Waals surface area contributed by atoms with Crippen molar-refractivity contribution in [3.8, 4) is 0 Å². The van der Waals surface area contributed by atoms with Gasteiger partial charge in [-0.2, -0.15) is 0 Å².